The number of hydrogen-bond donors (Lipinski definition) is 3. The van der Waals surface area contributed by atoms with Crippen molar-refractivity contribution in [1.82, 2.24) is 15.4 Å². The molecule has 0 spiro atoms. The van der Waals surface area contributed by atoms with Crippen LogP contribution in [0.2, 0.25) is 0 Å². The fourth-order valence-corrected chi connectivity index (χ4v) is 1.80. The van der Waals surface area contributed by atoms with Crippen LogP contribution >= 0.6 is 11.3 Å². The van der Waals surface area contributed by atoms with Gasteiger partial charge in [-0.1, -0.05) is 13.3 Å². The standard InChI is InChI=1S/C12H16N4O4S/c1-2-3-7-16(12(19)20)15-10(18)5-4-9(17)14-11-13-6-8-21-11/h4-6,8H,2-3,7H2,1H3,(H,15,18)(H,19,20)(H,13,14,17). The summed E-state index contributed by atoms with van der Waals surface area (Å²) in [5.74, 6) is -1.21. The molecule has 0 atom stereocenters. The highest BCUT2D eigenvalue weighted by Crippen LogP contribution is 2.09. The van der Waals surface area contributed by atoms with E-state index in [1.165, 1.54) is 17.5 Å². The summed E-state index contributed by atoms with van der Waals surface area (Å²) in [5, 5.41) is 14.3. The summed E-state index contributed by atoms with van der Waals surface area (Å²) in [6.45, 7) is 2.10. The summed E-state index contributed by atoms with van der Waals surface area (Å²) in [4.78, 5) is 37.7. The zero-order chi connectivity index (χ0) is 15.7. The maximum atomic E-state index is 11.5. The van der Waals surface area contributed by atoms with Crippen LogP contribution in [0.4, 0.5) is 9.93 Å². The lowest BCUT2D eigenvalue weighted by Gasteiger charge is -2.18. The van der Waals surface area contributed by atoms with E-state index in [-0.39, 0.29) is 6.54 Å². The molecule has 1 heterocycles. The van der Waals surface area contributed by atoms with Gasteiger partial charge in [-0.05, 0) is 6.42 Å². The molecular weight excluding hydrogens is 296 g/mol. The van der Waals surface area contributed by atoms with Gasteiger partial charge in [-0.3, -0.25) is 20.3 Å². The maximum absolute atomic E-state index is 11.5. The quantitative estimate of drug-likeness (QED) is 0.544. The normalized spacial score (nSPS) is 10.3. The zero-order valence-corrected chi connectivity index (χ0v) is 12.2. The first-order chi connectivity index (χ1) is 10.0. The van der Waals surface area contributed by atoms with Crippen LogP contribution in [0, 0.1) is 0 Å². The summed E-state index contributed by atoms with van der Waals surface area (Å²) >= 11 is 1.25. The van der Waals surface area contributed by atoms with Crippen LogP contribution in [0.5, 0.6) is 0 Å². The second-order valence-electron chi connectivity index (χ2n) is 3.92. The number of carbonyl (C=O) groups excluding carboxylic acids is 2. The summed E-state index contributed by atoms with van der Waals surface area (Å²) in [6, 6.07) is 0. The predicted octanol–water partition coefficient (Wildman–Crippen LogP) is 1.45. The molecule has 0 radical (unpaired) electrons. The molecule has 3 amide bonds. The fraction of sp³-hybridized carbons (Fsp3) is 0.333. The van der Waals surface area contributed by atoms with Gasteiger partial charge in [-0.25, -0.2) is 14.8 Å². The molecule has 3 N–H and O–H groups in total. The van der Waals surface area contributed by atoms with Gasteiger partial charge in [0.05, 0.1) is 0 Å². The summed E-state index contributed by atoms with van der Waals surface area (Å²) in [6.07, 6.45) is 3.68. The van der Waals surface area contributed by atoms with Crippen LogP contribution in [-0.4, -0.2) is 39.6 Å². The van der Waals surface area contributed by atoms with Crippen molar-refractivity contribution in [3.8, 4) is 0 Å². The molecule has 0 aliphatic carbocycles. The van der Waals surface area contributed by atoms with Crippen LogP contribution in [0.1, 0.15) is 19.8 Å². The van der Waals surface area contributed by atoms with E-state index in [1.807, 2.05) is 6.92 Å². The second-order valence-corrected chi connectivity index (χ2v) is 4.82. The molecule has 21 heavy (non-hydrogen) atoms. The van der Waals surface area contributed by atoms with Crippen molar-refractivity contribution in [3.63, 3.8) is 0 Å². The molecule has 0 unspecified atom stereocenters. The van der Waals surface area contributed by atoms with Gasteiger partial charge in [0.25, 0.3) is 5.91 Å². The Morgan fingerprint density at radius 3 is 2.67 bits per heavy atom. The number of hydrogen-bond acceptors (Lipinski definition) is 5. The average Bonchev–Trinajstić information content (AvgIpc) is 2.93. The number of thiazole rings is 1. The molecule has 9 heteroatoms. The van der Waals surface area contributed by atoms with E-state index in [9.17, 15) is 14.4 Å². The summed E-state index contributed by atoms with van der Waals surface area (Å²) in [5.41, 5.74) is 2.18. The van der Waals surface area contributed by atoms with Gasteiger partial charge in [0.15, 0.2) is 5.13 Å². The molecule has 1 aromatic heterocycles. The van der Waals surface area contributed by atoms with E-state index in [4.69, 9.17) is 5.11 Å². The topological polar surface area (TPSA) is 112 Å². The first kappa shape index (κ1) is 16.6. The number of aromatic nitrogens is 1. The molecule has 1 aromatic rings. The van der Waals surface area contributed by atoms with Crippen LogP contribution in [0.15, 0.2) is 23.7 Å². The van der Waals surface area contributed by atoms with Gasteiger partial charge in [0.1, 0.15) is 0 Å². The van der Waals surface area contributed by atoms with Crippen LogP contribution < -0.4 is 10.7 Å². The Hall–Kier alpha value is -2.42. The number of rotatable bonds is 6. The Kier molecular flexibility index (Phi) is 6.88. The number of nitrogens with one attached hydrogen (secondary N) is 2. The van der Waals surface area contributed by atoms with E-state index in [2.05, 4.69) is 15.7 Å². The Balaban J connectivity index is 2.45. The Labute approximate surface area is 125 Å². The van der Waals surface area contributed by atoms with Gasteiger partial charge in [-0.2, -0.15) is 0 Å². The molecule has 0 saturated heterocycles. The summed E-state index contributed by atoms with van der Waals surface area (Å²) < 4.78 is 0. The van der Waals surface area contributed by atoms with Crippen molar-refractivity contribution in [2.45, 2.75) is 19.8 Å². The SMILES string of the molecule is CCCCN(NC(=O)C=CC(=O)Nc1nccs1)C(=O)O. The van der Waals surface area contributed by atoms with Gasteiger partial charge in [0, 0.05) is 30.3 Å². The Morgan fingerprint density at radius 1 is 1.38 bits per heavy atom. The number of amides is 3. The highest BCUT2D eigenvalue weighted by Gasteiger charge is 2.12. The first-order valence-corrected chi connectivity index (χ1v) is 7.10. The monoisotopic (exact) mass is 312 g/mol. The molecule has 0 fully saturated rings. The smallest absolute Gasteiger partial charge is 0.426 e. The minimum atomic E-state index is -1.25. The van der Waals surface area contributed by atoms with Crippen LogP contribution in [0.25, 0.3) is 0 Å². The fourth-order valence-electron chi connectivity index (χ4n) is 1.27. The Morgan fingerprint density at radius 2 is 2.10 bits per heavy atom. The molecule has 8 nitrogen and oxygen atoms in total. The molecule has 0 saturated carbocycles. The molecule has 0 aromatic carbocycles. The lowest BCUT2D eigenvalue weighted by atomic mass is 10.3. The van der Waals surface area contributed by atoms with Gasteiger partial charge >= 0.3 is 6.09 Å². The molecular formula is C12H16N4O4S. The van der Waals surface area contributed by atoms with Crippen molar-refractivity contribution >= 4 is 34.4 Å². The van der Waals surface area contributed by atoms with Crippen molar-refractivity contribution in [2.24, 2.45) is 0 Å². The van der Waals surface area contributed by atoms with Gasteiger partial charge < -0.3 is 5.11 Å². The first-order valence-electron chi connectivity index (χ1n) is 6.22. The molecule has 114 valence electrons. The van der Waals surface area contributed by atoms with Gasteiger partial charge in [-0.15, -0.1) is 11.3 Å². The van der Waals surface area contributed by atoms with E-state index in [0.29, 0.717) is 11.6 Å². The highest BCUT2D eigenvalue weighted by molar-refractivity contribution is 7.13. The maximum Gasteiger partial charge on any atom is 0.426 e. The van der Waals surface area contributed by atoms with Gasteiger partial charge in [0.2, 0.25) is 5.91 Å². The second kappa shape index (κ2) is 8.69. The third kappa shape index (κ3) is 6.52. The average molecular weight is 312 g/mol. The minimum absolute atomic E-state index is 0.191. The number of nitrogens with zero attached hydrogens (tertiary/aromatic N) is 2. The van der Waals surface area contributed by atoms with Crippen LogP contribution in [0.3, 0.4) is 0 Å². The highest BCUT2D eigenvalue weighted by atomic mass is 32.1. The van der Waals surface area contributed by atoms with Crippen LogP contribution in [-0.2, 0) is 9.59 Å². The third-order valence-corrected chi connectivity index (χ3v) is 2.95. The molecule has 1 rings (SSSR count). The third-order valence-electron chi connectivity index (χ3n) is 2.26. The number of hydrazine groups is 1. The number of carboxylic acid groups (broad SMARTS) is 1. The number of carbonyl (C=O) groups is 3. The lowest BCUT2D eigenvalue weighted by molar-refractivity contribution is -0.121. The summed E-state index contributed by atoms with van der Waals surface area (Å²) in [7, 11) is 0. The van der Waals surface area contributed by atoms with Crippen molar-refractivity contribution in [3.05, 3.63) is 23.7 Å². The van der Waals surface area contributed by atoms with E-state index in [1.54, 1.807) is 5.38 Å². The molecule has 0 bridgehead atoms. The molecule has 0 aliphatic heterocycles. The Bertz CT molecular complexity index is 515. The van der Waals surface area contributed by atoms with E-state index >= 15 is 0 Å². The molecule has 0 aliphatic rings. The predicted molar refractivity (Wildman–Crippen MR) is 77.7 cm³/mol. The van der Waals surface area contributed by atoms with Crippen molar-refractivity contribution in [1.29, 1.82) is 0 Å². The lowest BCUT2D eigenvalue weighted by Crippen LogP contribution is -2.45. The largest absolute Gasteiger partial charge is 0.464 e. The number of unbranched alkanes of at least 4 members (excludes halogenated alkanes) is 1. The number of anilines is 1. The minimum Gasteiger partial charge on any atom is -0.464 e. The zero-order valence-electron chi connectivity index (χ0n) is 11.4. The van der Waals surface area contributed by atoms with Crippen molar-refractivity contribution in [2.75, 3.05) is 11.9 Å². The van der Waals surface area contributed by atoms with Crippen molar-refractivity contribution < 1.29 is 19.5 Å². The van der Waals surface area contributed by atoms with E-state index in [0.717, 1.165) is 23.6 Å². The van der Waals surface area contributed by atoms with E-state index < -0.39 is 17.9 Å².